The molecule has 13 heavy (non-hydrogen) atoms. The number of nitrogens with zero attached hydrogens (tertiary/aromatic N) is 1. The fourth-order valence-electron chi connectivity index (χ4n) is 1.50. The first-order valence-corrected chi connectivity index (χ1v) is 4.63. The van der Waals surface area contributed by atoms with E-state index in [0.29, 0.717) is 5.92 Å². The maximum absolute atomic E-state index is 6.07. The Morgan fingerprint density at radius 1 is 1.46 bits per heavy atom. The number of aliphatic imine (C=N–C) groups is 1. The van der Waals surface area contributed by atoms with Crippen molar-refractivity contribution in [3.05, 3.63) is 0 Å². The van der Waals surface area contributed by atoms with Gasteiger partial charge in [0.25, 0.3) is 0 Å². The van der Waals surface area contributed by atoms with Crippen molar-refractivity contribution in [2.24, 2.45) is 28.1 Å². The molecule has 0 aliphatic heterocycles. The standard InChI is InChI=1S/C9H20N4/c1-5(2)9(12)6(10)7(9)13-8(3,4)11/h5-6H,10-12H2,1-4H3. The Morgan fingerprint density at radius 3 is 2.15 bits per heavy atom. The van der Waals surface area contributed by atoms with Gasteiger partial charge in [-0.15, -0.1) is 0 Å². The molecule has 0 radical (unpaired) electrons. The molecule has 4 nitrogen and oxygen atoms in total. The topological polar surface area (TPSA) is 90.4 Å². The smallest absolute Gasteiger partial charge is 0.102 e. The van der Waals surface area contributed by atoms with Crippen molar-refractivity contribution < 1.29 is 0 Å². The van der Waals surface area contributed by atoms with Crippen LogP contribution in [0.25, 0.3) is 0 Å². The van der Waals surface area contributed by atoms with E-state index in [9.17, 15) is 0 Å². The van der Waals surface area contributed by atoms with Gasteiger partial charge in [-0.3, -0.25) is 4.99 Å². The summed E-state index contributed by atoms with van der Waals surface area (Å²) in [5, 5.41) is 0. The third-order valence-electron chi connectivity index (χ3n) is 2.53. The van der Waals surface area contributed by atoms with Gasteiger partial charge in [0.2, 0.25) is 0 Å². The van der Waals surface area contributed by atoms with E-state index >= 15 is 0 Å². The highest BCUT2D eigenvalue weighted by molar-refractivity contribution is 6.16. The largest absolute Gasteiger partial charge is 0.321 e. The van der Waals surface area contributed by atoms with Crippen LogP contribution < -0.4 is 17.2 Å². The Bertz CT molecular complexity index is 238. The quantitative estimate of drug-likeness (QED) is 0.556. The van der Waals surface area contributed by atoms with Crippen LogP contribution in [-0.2, 0) is 0 Å². The molecule has 1 rings (SSSR count). The maximum atomic E-state index is 6.07. The molecule has 1 aliphatic rings. The highest BCUT2D eigenvalue weighted by Crippen LogP contribution is 2.36. The van der Waals surface area contributed by atoms with Crippen LogP contribution in [0.15, 0.2) is 4.99 Å². The zero-order valence-corrected chi connectivity index (χ0v) is 8.83. The average Bonchev–Trinajstić information content (AvgIpc) is 2.39. The Balaban J connectivity index is 2.85. The molecule has 2 unspecified atom stereocenters. The van der Waals surface area contributed by atoms with E-state index in [2.05, 4.69) is 4.99 Å². The Labute approximate surface area is 79.6 Å². The molecular formula is C9H20N4. The molecule has 0 saturated heterocycles. The second kappa shape index (κ2) is 2.77. The van der Waals surface area contributed by atoms with Crippen LogP contribution in [0.1, 0.15) is 27.7 Å². The Kier molecular flexibility index (Phi) is 2.26. The second-order valence-corrected chi connectivity index (χ2v) is 4.72. The maximum Gasteiger partial charge on any atom is 0.102 e. The molecule has 1 aliphatic carbocycles. The molecule has 0 spiro atoms. The molecule has 0 aromatic heterocycles. The number of hydrogen-bond donors (Lipinski definition) is 3. The van der Waals surface area contributed by atoms with Crippen molar-refractivity contribution in [1.82, 2.24) is 0 Å². The first-order valence-electron chi connectivity index (χ1n) is 4.63. The molecule has 4 heteroatoms. The Morgan fingerprint density at radius 2 is 1.92 bits per heavy atom. The number of rotatable bonds is 2. The van der Waals surface area contributed by atoms with E-state index in [4.69, 9.17) is 17.2 Å². The summed E-state index contributed by atoms with van der Waals surface area (Å²) in [6, 6.07) is -0.115. The van der Waals surface area contributed by atoms with Crippen molar-refractivity contribution in [1.29, 1.82) is 0 Å². The first kappa shape index (κ1) is 10.6. The monoisotopic (exact) mass is 184 g/mol. The molecule has 0 bridgehead atoms. The molecule has 1 saturated carbocycles. The highest BCUT2D eigenvalue weighted by Gasteiger charge is 2.59. The van der Waals surface area contributed by atoms with Gasteiger partial charge in [0.15, 0.2) is 0 Å². The van der Waals surface area contributed by atoms with Gasteiger partial charge < -0.3 is 17.2 Å². The molecule has 0 aromatic rings. The van der Waals surface area contributed by atoms with Crippen molar-refractivity contribution in [3.8, 4) is 0 Å². The van der Waals surface area contributed by atoms with E-state index in [1.165, 1.54) is 0 Å². The molecule has 6 N–H and O–H groups in total. The van der Waals surface area contributed by atoms with Crippen LogP contribution in [-0.4, -0.2) is 23.0 Å². The summed E-state index contributed by atoms with van der Waals surface area (Å²) in [6.45, 7) is 7.77. The molecule has 76 valence electrons. The highest BCUT2D eigenvalue weighted by atomic mass is 15.1. The lowest BCUT2D eigenvalue weighted by atomic mass is 10.0. The van der Waals surface area contributed by atoms with Gasteiger partial charge in [-0.05, 0) is 19.8 Å². The Hall–Kier alpha value is -0.450. The zero-order valence-electron chi connectivity index (χ0n) is 8.83. The minimum absolute atomic E-state index is 0.115. The lowest BCUT2D eigenvalue weighted by molar-refractivity contribution is 0.483. The molecule has 1 fully saturated rings. The number of hydrogen-bond acceptors (Lipinski definition) is 4. The van der Waals surface area contributed by atoms with Gasteiger partial charge >= 0.3 is 0 Å². The van der Waals surface area contributed by atoms with Gasteiger partial charge in [0.1, 0.15) is 5.66 Å². The fraction of sp³-hybridized carbons (Fsp3) is 0.889. The van der Waals surface area contributed by atoms with E-state index in [0.717, 1.165) is 5.71 Å². The summed E-state index contributed by atoms with van der Waals surface area (Å²) < 4.78 is 0. The molecule has 0 aromatic carbocycles. The van der Waals surface area contributed by atoms with Crippen molar-refractivity contribution in [2.75, 3.05) is 0 Å². The minimum atomic E-state index is -0.567. The predicted octanol–water partition coefficient (Wildman–Crippen LogP) is -0.183. The van der Waals surface area contributed by atoms with Crippen LogP contribution in [0, 0.1) is 5.92 Å². The van der Waals surface area contributed by atoms with Crippen LogP contribution in [0.2, 0.25) is 0 Å². The third-order valence-corrected chi connectivity index (χ3v) is 2.53. The molecule has 0 amide bonds. The summed E-state index contributed by atoms with van der Waals surface area (Å²) in [5.74, 6) is 0.309. The SMILES string of the molecule is CC(C)C1(N)C(=NC(C)(C)N)C1N. The normalized spacial score (nSPS) is 37.2. The summed E-state index contributed by atoms with van der Waals surface area (Å²) in [6.07, 6.45) is 0. The van der Waals surface area contributed by atoms with Crippen molar-refractivity contribution in [2.45, 2.75) is 44.9 Å². The fourth-order valence-corrected chi connectivity index (χ4v) is 1.50. The van der Waals surface area contributed by atoms with Crippen molar-refractivity contribution >= 4 is 5.71 Å². The second-order valence-electron chi connectivity index (χ2n) is 4.72. The van der Waals surface area contributed by atoms with E-state index in [1.54, 1.807) is 0 Å². The summed E-state index contributed by atoms with van der Waals surface area (Å²) in [4.78, 5) is 4.32. The van der Waals surface area contributed by atoms with Crippen LogP contribution in [0.3, 0.4) is 0 Å². The zero-order chi connectivity index (χ0) is 10.4. The van der Waals surface area contributed by atoms with Gasteiger partial charge in [0, 0.05) is 0 Å². The lowest BCUT2D eigenvalue weighted by Gasteiger charge is -2.15. The van der Waals surface area contributed by atoms with Crippen LogP contribution in [0.5, 0.6) is 0 Å². The van der Waals surface area contributed by atoms with Crippen LogP contribution in [0.4, 0.5) is 0 Å². The summed E-state index contributed by atoms with van der Waals surface area (Å²) >= 11 is 0. The molecule has 0 heterocycles. The number of nitrogens with two attached hydrogens (primary N) is 3. The molecular weight excluding hydrogens is 164 g/mol. The minimum Gasteiger partial charge on any atom is -0.321 e. The van der Waals surface area contributed by atoms with E-state index in [1.807, 2.05) is 27.7 Å². The average molecular weight is 184 g/mol. The predicted molar refractivity (Wildman–Crippen MR) is 55.4 cm³/mol. The van der Waals surface area contributed by atoms with Gasteiger partial charge in [-0.2, -0.15) is 0 Å². The lowest BCUT2D eigenvalue weighted by Crippen LogP contribution is -2.37. The van der Waals surface area contributed by atoms with Crippen LogP contribution >= 0.6 is 0 Å². The van der Waals surface area contributed by atoms with Gasteiger partial charge in [-0.25, -0.2) is 0 Å². The molecule has 2 atom stereocenters. The third kappa shape index (κ3) is 1.75. The van der Waals surface area contributed by atoms with E-state index < -0.39 is 11.2 Å². The summed E-state index contributed by atoms with van der Waals surface area (Å²) in [5.41, 5.74) is 17.5. The van der Waals surface area contributed by atoms with Crippen molar-refractivity contribution in [3.63, 3.8) is 0 Å². The van der Waals surface area contributed by atoms with E-state index in [-0.39, 0.29) is 6.04 Å². The van der Waals surface area contributed by atoms with Gasteiger partial charge in [0.05, 0.1) is 17.3 Å². The summed E-state index contributed by atoms with van der Waals surface area (Å²) in [7, 11) is 0. The first-order chi connectivity index (χ1) is 5.69. The van der Waals surface area contributed by atoms with Gasteiger partial charge in [-0.1, -0.05) is 13.8 Å².